The number of hydrogen-bond acceptors (Lipinski definition) is 4. The molecule has 0 unspecified atom stereocenters. The maximum atomic E-state index is 4.43. The molecule has 1 aromatic heterocycles. The fraction of sp³-hybridized carbons (Fsp3) is 0.375. The zero-order valence-corrected chi connectivity index (χ0v) is 12.4. The minimum Gasteiger partial charge on any atom is -0.369 e. The first kappa shape index (κ1) is 14.5. The largest absolute Gasteiger partial charge is 0.369 e. The zero-order valence-electron chi connectivity index (χ0n) is 12.4. The van der Waals surface area contributed by atoms with Crippen molar-refractivity contribution in [3.05, 3.63) is 53.5 Å². The van der Waals surface area contributed by atoms with Crippen LogP contribution in [0.15, 0.2) is 36.7 Å². The van der Waals surface area contributed by atoms with Gasteiger partial charge >= 0.3 is 0 Å². The molecule has 0 radical (unpaired) electrons. The summed E-state index contributed by atoms with van der Waals surface area (Å²) in [6.07, 6.45) is 3.63. The molecule has 20 heavy (non-hydrogen) atoms. The van der Waals surface area contributed by atoms with E-state index in [0.717, 1.165) is 31.1 Å². The molecule has 1 N–H and O–H groups in total. The Morgan fingerprint density at radius 3 is 2.65 bits per heavy atom. The van der Waals surface area contributed by atoms with Crippen molar-refractivity contribution in [2.75, 3.05) is 18.9 Å². The highest BCUT2D eigenvalue weighted by atomic mass is 15.1. The predicted octanol–water partition coefficient (Wildman–Crippen LogP) is 2.85. The summed E-state index contributed by atoms with van der Waals surface area (Å²) >= 11 is 0. The lowest BCUT2D eigenvalue weighted by Crippen LogP contribution is -2.18. The normalized spacial score (nSPS) is 10.8. The Hall–Kier alpha value is -1.94. The van der Waals surface area contributed by atoms with Gasteiger partial charge in [0, 0.05) is 19.6 Å². The number of anilines is 1. The summed E-state index contributed by atoms with van der Waals surface area (Å²) in [5.74, 6) is 0.831. The summed E-state index contributed by atoms with van der Waals surface area (Å²) in [7, 11) is 2.10. The molecule has 4 nitrogen and oxygen atoms in total. The van der Waals surface area contributed by atoms with Gasteiger partial charge in [-0.3, -0.25) is 9.88 Å². The van der Waals surface area contributed by atoms with E-state index >= 15 is 0 Å². The summed E-state index contributed by atoms with van der Waals surface area (Å²) in [5.41, 5.74) is 3.61. The first-order valence-corrected chi connectivity index (χ1v) is 6.96. The van der Waals surface area contributed by atoms with Crippen molar-refractivity contribution in [1.29, 1.82) is 0 Å². The van der Waals surface area contributed by atoms with Crippen LogP contribution < -0.4 is 5.32 Å². The minimum absolute atomic E-state index is 0.799. The van der Waals surface area contributed by atoms with Gasteiger partial charge in [-0.2, -0.15) is 0 Å². The summed E-state index contributed by atoms with van der Waals surface area (Å²) < 4.78 is 0. The van der Waals surface area contributed by atoms with E-state index in [1.807, 2.05) is 13.1 Å². The molecule has 0 amide bonds. The fourth-order valence-electron chi connectivity index (χ4n) is 2.16. The highest BCUT2D eigenvalue weighted by Crippen LogP contribution is 2.09. The molecule has 0 spiro atoms. The molecule has 0 aliphatic heterocycles. The van der Waals surface area contributed by atoms with E-state index < -0.39 is 0 Å². The molecular formula is C16H22N4. The monoisotopic (exact) mass is 270 g/mol. The van der Waals surface area contributed by atoms with Crippen molar-refractivity contribution in [2.24, 2.45) is 0 Å². The molecule has 4 heteroatoms. The Bertz CT molecular complexity index is 536. The van der Waals surface area contributed by atoms with Gasteiger partial charge in [0.15, 0.2) is 0 Å². The van der Waals surface area contributed by atoms with Crippen LogP contribution in [0.5, 0.6) is 0 Å². The van der Waals surface area contributed by atoms with E-state index in [1.54, 1.807) is 6.20 Å². The maximum Gasteiger partial charge on any atom is 0.144 e. The van der Waals surface area contributed by atoms with Crippen LogP contribution in [0.3, 0.4) is 0 Å². The molecule has 2 aromatic rings. The molecule has 1 aromatic carbocycles. The van der Waals surface area contributed by atoms with Crippen molar-refractivity contribution < 1.29 is 0 Å². The van der Waals surface area contributed by atoms with E-state index in [9.17, 15) is 0 Å². The van der Waals surface area contributed by atoms with E-state index in [-0.39, 0.29) is 0 Å². The number of benzene rings is 1. The van der Waals surface area contributed by atoms with Crippen LogP contribution in [0.2, 0.25) is 0 Å². The van der Waals surface area contributed by atoms with Crippen LogP contribution in [-0.4, -0.2) is 28.5 Å². The van der Waals surface area contributed by atoms with Gasteiger partial charge in [0.1, 0.15) is 5.82 Å². The van der Waals surface area contributed by atoms with Gasteiger partial charge in [-0.25, -0.2) is 4.98 Å². The summed E-state index contributed by atoms with van der Waals surface area (Å²) in [6.45, 7) is 6.74. The topological polar surface area (TPSA) is 41.1 Å². The predicted molar refractivity (Wildman–Crippen MR) is 82.5 cm³/mol. The Labute approximate surface area is 120 Å². The number of nitrogens with one attached hydrogen (secondary N) is 1. The molecule has 0 aliphatic rings. The number of aromatic nitrogens is 2. The van der Waals surface area contributed by atoms with E-state index in [2.05, 4.69) is 58.4 Å². The molecule has 0 saturated carbocycles. The smallest absolute Gasteiger partial charge is 0.144 e. The van der Waals surface area contributed by atoms with Crippen molar-refractivity contribution in [3.63, 3.8) is 0 Å². The van der Waals surface area contributed by atoms with Crippen molar-refractivity contribution >= 4 is 5.82 Å². The number of hydrogen-bond donors (Lipinski definition) is 1. The maximum absolute atomic E-state index is 4.43. The lowest BCUT2D eigenvalue weighted by Gasteiger charge is -2.16. The van der Waals surface area contributed by atoms with E-state index in [4.69, 9.17) is 0 Å². The second kappa shape index (κ2) is 7.01. The van der Waals surface area contributed by atoms with Crippen LogP contribution >= 0.6 is 0 Å². The third-order valence-corrected chi connectivity index (χ3v) is 3.03. The minimum atomic E-state index is 0.799. The number of nitrogens with zero attached hydrogens (tertiary/aromatic N) is 3. The van der Waals surface area contributed by atoms with Gasteiger partial charge in [0.25, 0.3) is 0 Å². The van der Waals surface area contributed by atoms with Gasteiger partial charge in [-0.05, 0) is 26.5 Å². The third-order valence-electron chi connectivity index (χ3n) is 3.03. The van der Waals surface area contributed by atoms with Gasteiger partial charge in [-0.15, -0.1) is 0 Å². The molecular weight excluding hydrogens is 248 g/mol. The molecule has 0 fully saturated rings. The molecule has 0 saturated heterocycles. The van der Waals surface area contributed by atoms with Crippen molar-refractivity contribution in [2.45, 2.75) is 26.9 Å². The van der Waals surface area contributed by atoms with Gasteiger partial charge < -0.3 is 5.32 Å². The van der Waals surface area contributed by atoms with E-state index in [0.29, 0.717) is 0 Å². The van der Waals surface area contributed by atoms with Gasteiger partial charge in [-0.1, -0.05) is 29.8 Å². The zero-order chi connectivity index (χ0) is 14.4. The van der Waals surface area contributed by atoms with Crippen LogP contribution in [0.4, 0.5) is 5.82 Å². The molecule has 106 valence electrons. The Morgan fingerprint density at radius 1 is 1.15 bits per heavy atom. The molecule has 0 aliphatic carbocycles. The first-order valence-electron chi connectivity index (χ1n) is 6.96. The second-order valence-corrected chi connectivity index (χ2v) is 5.08. The van der Waals surface area contributed by atoms with Crippen molar-refractivity contribution in [3.8, 4) is 0 Å². The average Bonchev–Trinajstić information content (AvgIpc) is 2.41. The quantitative estimate of drug-likeness (QED) is 0.876. The van der Waals surface area contributed by atoms with Crippen molar-refractivity contribution in [1.82, 2.24) is 14.9 Å². The standard InChI is InChI=1S/C16H22N4/c1-4-17-16-10-18-15(9-19-16)12-20(3)11-14-7-5-6-13(2)8-14/h5-10H,4,11-12H2,1-3H3,(H,17,19). The van der Waals surface area contributed by atoms with Gasteiger partial charge in [0.05, 0.1) is 18.1 Å². The van der Waals surface area contributed by atoms with Crippen LogP contribution in [0.25, 0.3) is 0 Å². The SMILES string of the molecule is CCNc1cnc(CN(C)Cc2cccc(C)c2)cn1. The fourth-order valence-corrected chi connectivity index (χ4v) is 2.16. The van der Waals surface area contributed by atoms with Crippen LogP contribution in [-0.2, 0) is 13.1 Å². The number of aryl methyl sites for hydroxylation is 1. The average molecular weight is 270 g/mol. The summed E-state index contributed by atoms with van der Waals surface area (Å²) in [4.78, 5) is 11.0. The summed E-state index contributed by atoms with van der Waals surface area (Å²) in [6, 6.07) is 8.60. The molecule has 0 atom stereocenters. The highest BCUT2D eigenvalue weighted by Gasteiger charge is 2.04. The summed E-state index contributed by atoms with van der Waals surface area (Å²) in [5, 5.41) is 3.15. The Balaban J connectivity index is 1.92. The molecule has 2 rings (SSSR count). The molecule has 1 heterocycles. The van der Waals surface area contributed by atoms with Crippen LogP contribution in [0, 0.1) is 6.92 Å². The Morgan fingerprint density at radius 2 is 2.00 bits per heavy atom. The van der Waals surface area contributed by atoms with Crippen LogP contribution in [0.1, 0.15) is 23.7 Å². The number of rotatable bonds is 6. The second-order valence-electron chi connectivity index (χ2n) is 5.08. The van der Waals surface area contributed by atoms with E-state index in [1.165, 1.54) is 11.1 Å². The lowest BCUT2D eigenvalue weighted by atomic mass is 10.1. The highest BCUT2D eigenvalue weighted by molar-refractivity contribution is 5.30. The molecule has 0 bridgehead atoms. The first-order chi connectivity index (χ1) is 9.67. The lowest BCUT2D eigenvalue weighted by molar-refractivity contribution is 0.314. The third kappa shape index (κ3) is 4.31. The Kier molecular flexibility index (Phi) is 5.07. The van der Waals surface area contributed by atoms with Gasteiger partial charge in [0.2, 0.25) is 0 Å².